The summed E-state index contributed by atoms with van der Waals surface area (Å²) < 4.78 is 19.2. The normalized spacial score (nSPS) is 10.8. The highest BCUT2D eigenvalue weighted by molar-refractivity contribution is 5.97. The second-order valence-corrected chi connectivity index (χ2v) is 4.89. The van der Waals surface area contributed by atoms with Crippen molar-refractivity contribution in [3.8, 4) is 22.8 Å². The number of hydrogen-bond donors (Lipinski definition) is 1. The molecule has 0 amide bonds. The summed E-state index contributed by atoms with van der Waals surface area (Å²) in [5.41, 5.74) is 2.28. The van der Waals surface area contributed by atoms with Crippen molar-refractivity contribution in [1.82, 2.24) is 19.9 Å². The van der Waals surface area contributed by atoms with E-state index in [0.717, 1.165) is 16.6 Å². The van der Waals surface area contributed by atoms with Gasteiger partial charge in [0.2, 0.25) is 0 Å². The van der Waals surface area contributed by atoms with Gasteiger partial charge in [-0.05, 0) is 24.3 Å². The molecule has 5 nitrogen and oxygen atoms in total. The minimum absolute atomic E-state index is 0.349. The lowest BCUT2D eigenvalue weighted by molar-refractivity contribution is 0.482. The lowest BCUT2D eigenvalue weighted by atomic mass is 10.1. The van der Waals surface area contributed by atoms with E-state index in [1.807, 2.05) is 12.3 Å². The number of nitrogens with zero attached hydrogens (tertiary/aromatic N) is 3. The van der Waals surface area contributed by atoms with E-state index in [2.05, 4.69) is 19.9 Å². The monoisotopic (exact) mass is 306 g/mol. The smallest absolute Gasteiger partial charge is 0.141 e. The zero-order valence-corrected chi connectivity index (χ0v) is 11.9. The van der Waals surface area contributed by atoms with Crippen molar-refractivity contribution >= 4 is 11.0 Å². The molecule has 0 aliphatic heterocycles. The van der Waals surface area contributed by atoms with Crippen molar-refractivity contribution in [1.29, 1.82) is 0 Å². The molecule has 1 aromatic carbocycles. The molecule has 112 valence electrons. The molecule has 1 N–H and O–H groups in total. The van der Waals surface area contributed by atoms with Crippen LogP contribution in [0, 0.1) is 5.82 Å². The third kappa shape index (κ3) is 2.50. The molecular formula is C17H11FN4O. The molecule has 23 heavy (non-hydrogen) atoms. The van der Waals surface area contributed by atoms with Crippen LogP contribution in [0.1, 0.15) is 0 Å². The fraction of sp³-hybridized carbons (Fsp3) is 0. The van der Waals surface area contributed by atoms with Gasteiger partial charge in [-0.3, -0.25) is 0 Å². The molecule has 3 heterocycles. The standard InChI is InChI=1S/C17H11FN4O/c18-11-2-1-3-12(8-11)23-15-5-7-20-17-16(15)13(9-21-17)14-4-6-19-10-22-14/h1-10H,(H,20,21). The predicted octanol–water partition coefficient (Wildman–Crippen LogP) is 3.95. The van der Waals surface area contributed by atoms with E-state index in [0.29, 0.717) is 17.1 Å². The van der Waals surface area contributed by atoms with Gasteiger partial charge in [0.05, 0.1) is 11.1 Å². The van der Waals surface area contributed by atoms with Crippen LogP contribution in [-0.2, 0) is 0 Å². The third-order valence-electron chi connectivity index (χ3n) is 3.42. The average Bonchev–Trinajstić information content (AvgIpc) is 3.01. The maximum absolute atomic E-state index is 13.4. The van der Waals surface area contributed by atoms with E-state index < -0.39 is 0 Å². The molecule has 0 aliphatic rings. The van der Waals surface area contributed by atoms with Crippen molar-refractivity contribution in [3.05, 3.63) is 67.1 Å². The molecule has 0 saturated heterocycles. The van der Waals surface area contributed by atoms with Crippen molar-refractivity contribution in [3.63, 3.8) is 0 Å². The van der Waals surface area contributed by atoms with Gasteiger partial charge in [-0.2, -0.15) is 0 Å². The van der Waals surface area contributed by atoms with Gasteiger partial charge in [-0.1, -0.05) is 6.07 Å². The Hall–Kier alpha value is -3.28. The average molecular weight is 306 g/mol. The Balaban J connectivity index is 1.85. The molecule has 0 fully saturated rings. The Morgan fingerprint density at radius 3 is 2.83 bits per heavy atom. The van der Waals surface area contributed by atoms with E-state index in [1.54, 1.807) is 30.6 Å². The Morgan fingerprint density at radius 1 is 1.04 bits per heavy atom. The quantitative estimate of drug-likeness (QED) is 0.622. The maximum atomic E-state index is 13.4. The van der Waals surface area contributed by atoms with Gasteiger partial charge in [-0.25, -0.2) is 19.3 Å². The number of nitrogens with one attached hydrogen (secondary N) is 1. The number of H-pyrrole nitrogens is 1. The first-order chi connectivity index (χ1) is 11.3. The Morgan fingerprint density at radius 2 is 2.00 bits per heavy atom. The van der Waals surface area contributed by atoms with Crippen LogP contribution in [-0.4, -0.2) is 19.9 Å². The minimum atomic E-state index is -0.349. The van der Waals surface area contributed by atoms with Crippen LogP contribution < -0.4 is 4.74 Å². The number of ether oxygens (including phenoxy) is 1. The van der Waals surface area contributed by atoms with Crippen LogP contribution in [0.2, 0.25) is 0 Å². The minimum Gasteiger partial charge on any atom is -0.456 e. The van der Waals surface area contributed by atoms with Gasteiger partial charge < -0.3 is 9.72 Å². The molecule has 3 aromatic heterocycles. The number of rotatable bonds is 3. The molecule has 0 spiro atoms. The fourth-order valence-corrected chi connectivity index (χ4v) is 2.42. The molecule has 4 rings (SSSR count). The van der Waals surface area contributed by atoms with Crippen LogP contribution in [0.4, 0.5) is 4.39 Å². The summed E-state index contributed by atoms with van der Waals surface area (Å²) >= 11 is 0. The van der Waals surface area contributed by atoms with E-state index >= 15 is 0 Å². The van der Waals surface area contributed by atoms with Crippen LogP contribution in [0.25, 0.3) is 22.3 Å². The van der Waals surface area contributed by atoms with Crippen molar-refractivity contribution in [2.75, 3.05) is 0 Å². The number of aromatic amines is 1. The summed E-state index contributed by atoms with van der Waals surface area (Å²) in [6, 6.07) is 9.56. The molecule has 0 aliphatic carbocycles. The van der Waals surface area contributed by atoms with Crippen molar-refractivity contribution in [2.24, 2.45) is 0 Å². The third-order valence-corrected chi connectivity index (χ3v) is 3.42. The molecule has 0 bridgehead atoms. The lowest BCUT2D eigenvalue weighted by Crippen LogP contribution is -1.89. The van der Waals surface area contributed by atoms with E-state index in [9.17, 15) is 4.39 Å². The lowest BCUT2D eigenvalue weighted by Gasteiger charge is -2.08. The van der Waals surface area contributed by atoms with Gasteiger partial charge in [0, 0.05) is 30.2 Å². The molecule has 0 unspecified atom stereocenters. The number of fused-ring (bicyclic) bond motifs is 1. The van der Waals surface area contributed by atoms with Gasteiger partial charge in [-0.15, -0.1) is 0 Å². The summed E-state index contributed by atoms with van der Waals surface area (Å²) in [6.07, 6.45) is 6.61. The molecule has 0 saturated carbocycles. The number of benzene rings is 1. The molecule has 0 radical (unpaired) electrons. The van der Waals surface area contributed by atoms with Gasteiger partial charge in [0.1, 0.15) is 29.3 Å². The molecule has 6 heteroatoms. The van der Waals surface area contributed by atoms with Crippen LogP contribution in [0.15, 0.2) is 61.3 Å². The zero-order valence-electron chi connectivity index (χ0n) is 11.9. The Labute approximate surface area is 130 Å². The van der Waals surface area contributed by atoms with Crippen molar-refractivity contribution in [2.45, 2.75) is 0 Å². The van der Waals surface area contributed by atoms with Crippen molar-refractivity contribution < 1.29 is 9.13 Å². The topological polar surface area (TPSA) is 63.7 Å². The van der Waals surface area contributed by atoms with E-state index in [-0.39, 0.29) is 5.82 Å². The molecular weight excluding hydrogens is 295 g/mol. The van der Waals surface area contributed by atoms with Gasteiger partial charge in [0.15, 0.2) is 0 Å². The first-order valence-corrected chi connectivity index (χ1v) is 6.97. The highest BCUT2D eigenvalue weighted by Crippen LogP contribution is 2.35. The van der Waals surface area contributed by atoms with Gasteiger partial charge >= 0.3 is 0 Å². The number of halogens is 1. The first kappa shape index (κ1) is 13.4. The molecule has 4 aromatic rings. The summed E-state index contributed by atoms with van der Waals surface area (Å²) in [7, 11) is 0. The SMILES string of the molecule is Fc1cccc(Oc2ccnc3[nH]cc(-c4ccncn4)c23)c1. The van der Waals surface area contributed by atoms with Gasteiger partial charge in [0.25, 0.3) is 0 Å². The highest BCUT2D eigenvalue weighted by atomic mass is 19.1. The van der Waals surface area contributed by atoms with E-state index in [4.69, 9.17) is 4.74 Å². The summed E-state index contributed by atoms with van der Waals surface area (Å²) in [5.74, 6) is 0.653. The number of hydrogen-bond acceptors (Lipinski definition) is 4. The Bertz CT molecular complexity index is 969. The summed E-state index contributed by atoms with van der Waals surface area (Å²) in [4.78, 5) is 15.6. The fourth-order valence-electron chi connectivity index (χ4n) is 2.42. The van der Waals surface area contributed by atoms with Crippen LogP contribution in [0.5, 0.6) is 11.5 Å². The second-order valence-electron chi connectivity index (χ2n) is 4.89. The van der Waals surface area contributed by atoms with E-state index in [1.165, 1.54) is 18.5 Å². The Kier molecular flexibility index (Phi) is 3.20. The second kappa shape index (κ2) is 5.49. The number of pyridine rings is 1. The number of aromatic nitrogens is 4. The summed E-state index contributed by atoms with van der Waals surface area (Å²) in [5, 5.41) is 0.787. The van der Waals surface area contributed by atoms with Crippen LogP contribution in [0.3, 0.4) is 0 Å². The first-order valence-electron chi connectivity index (χ1n) is 6.97. The summed E-state index contributed by atoms with van der Waals surface area (Å²) in [6.45, 7) is 0. The molecule has 0 atom stereocenters. The maximum Gasteiger partial charge on any atom is 0.141 e. The largest absolute Gasteiger partial charge is 0.456 e. The predicted molar refractivity (Wildman–Crippen MR) is 83.6 cm³/mol. The highest BCUT2D eigenvalue weighted by Gasteiger charge is 2.14. The van der Waals surface area contributed by atoms with Crippen LogP contribution >= 0.6 is 0 Å². The zero-order chi connectivity index (χ0) is 15.6.